The first kappa shape index (κ1) is 40.5. The first-order chi connectivity index (χ1) is 26.7. The smallest absolute Gasteiger partial charge is 0.211 e. The molecule has 12 heteroatoms. The van der Waals surface area contributed by atoms with Crippen molar-refractivity contribution in [1.82, 2.24) is 0 Å². The van der Waals surface area contributed by atoms with Crippen LogP contribution in [0, 0.1) is 10.4 Å². The molecule has 0 radical (unpaired) electrons. The van der Waals surface area contributed by atoms with E-state index in [-0.39, 0.29) is 21.8 Å². The molecular weight excluding hydrogens is 709 g/mol. The van der Waals surface area contributed by atoms with Crippen LogP contribution in [-0.4, -0.2) is 70.3 Å². The topological polar surface area (TPSA) is 132 Å². The third-order valence-electron chi connectivity index (χ3n) is 11.4. The van der Waals surface area contributed by atoms with Gasteiger partial charge in [0.05, 0.1) is 22.2 Å². The molecule has 0 saturated carbocycles. The van der Waals surface area contributed by atoms with Crippen molar-refractivity contribution in [2.75, 3.05) is 59.5 Å². The van der Waals surface area contributed by atoms with E-state index in [1.54, 1.807) is 24.3 Å². The minimum atomic E-state index is -0.395. The van der Waals surface area contributed by atoms with E-state index in [2.05, 4.69) is 86.5 Å². The quantitative estimate of drug-likeness (QED) is 0.0609. The highest BCUT2D eigenvalue weighted by molar-refractivity contribution is 6.06. The Morgan fingerprint density at radius 3 is 1.29 bits per heavy atom. The van der Waals surface area contributed by atoms with E-state index in [0.29, 0.717) is 13.1 Å². The van der Waals surface area contributed by atoms with Gasteiger partial charge in [0, 0.05) is 86.6 Å². The molecule has 0 spiro atoms. The molecule has 2 aliphatic heterocycles. The van der Waals surface area contributed by atoms with Crippen LogP contribution in [0.15, 0.2) is 81.7 Å². The number of benzene rings is 2. The van der Waals surface area contributed by atoms with Crippen molar-refractivity contribution in [3.63, 3.8) is 0 Å². The third-order valence-corrected chi connectivity index (χ3v) is 11.4. The summed E-state index contributed by atoms with van der Waals surface area (Å²) in [5.41, 5.74) is 5.51. The molecule has 2 N–H and O–H groups in total. The van der Waals surface area contributed by atoms with Gasteiger partial charge in [-0.3, -0.25) is 10.4 Å². The average Bonchev–Trinajstić information content (AvgIpc) is 3.93. The molecule has 12 nitrogen and oxygen atoms in total. The van der Waals surface area contributed by atoms with Crippen molar-refractivity contribution in [1.29, 1.82) is 0 Å². The molecule has 0 saturated heterocycles. The number of unbranched alkanes of at least 4 members (excludes halogenated alkanes) is 1. The highest BCUT2D eigenvalue weighted by atomic mass is 16.8. The Labute approximate surface area is 330 Å². The Kier molecular flexibility index (Phi) is 12.0. The Bertz CT molecular complexity index is 1990. The second-order valence-electron chi connectivity index (χ2n) is 15.3. The van der Waals surface area contributed by atoms with E-state index in [1.807, 2.05) is 48.6 Å². The molecule has 298 valence electrons. The molecule has 6 rings (SSSR count). The van der Waals surface area contributed by atoms with Crippen LogP contribution in [0.5, 0.6) is 0 Å². The summed E-state index contributed by atoms with van der Waals surface area (Å²) in [6.45, 7) is 21.8. The summed E-state index contributed by atoms with van der Waals surface area (Å²) in [5, 5.41) is 43.6. The lowest BCUT2D eigenvalue weighted by Crippen LogP contribution is -2.28. The molecule has 4 aromatic rings. The van der Waals surface area contributed by atoms with Gasteiger partial charge in [0.1, 0.15) is 24.6 Å². The summed E-state index contributed by atoms with van der Waals surface area (Å²) in [5.74, 6) is 3.15. The molecule has 56 heavy (non-hydrogen) atoms. The van der Waals surface area contributed by atoms with Crippen molar-refractivity contribution in [3.05, 3.63) is 106 Å². The van der Waals surface area contributed by atoms with Gasteiger partial charge >= 0.3 is 0 Å². The number of anilines is 4. The van der Waals surface area contributed by atoms with Gasteiger partial charge in [-0.1, -0.05) is 0 Å². The van der Waals surface area contributed by atoms with Crippen LogP contribution in [0.3, 0.4) is 0 Å². The molecule has 0 atom stereocenters. The van der Waals surface area contributed by atoms with Gasteiger partial charge < -0.3 is 39.5 Å². The molecule has 0 amide bonds. The van der Waals surface area contributed by atoms with Crippen molar-refractivity contribution in [2.45, 2.75) is 79.1 Å². The van der Waals surface area contributed by atoms with E-state index in [9.17, 15) is 20.8 Å². The number of nitrogens with zero attached hydrogens (tertiary/aromatic N) is 6. The Morgan fingerprint density at radius 2 is 0.946 bits per heavy atom. The average molecular weight is 765 g/mol. The largest absolute Gasteiger partial charge is 0.733 e. The van der Waals surface area contributed by atoms with E-state index >= 15 is 0 Å². The van der Waals surface area contributed by atoms with Crippen molar-refractivity contribution in [3.8, 4) is 0 Å². The second-order valence-corrected chi connectivity index (χ2v) is 15.3. The van der Waals surface area contributed by atoms with E-state index < -0.39 is 10.8 Å². The summed E-state index contributed by atoms with van der Waals surface area (Å²) in [4.78, 5) is 4.33. The minimum Gasteiger partial charge on any atom is -0.733 e. The van der Waals surface area contributed by atoms with Gasteiger partial charge in [0.2, 0.25) is 11.4 Å². The molecule has 0 unspecified atom stereocenters. The minimum absolute atomic E-state index is 0.0921. The van der Waals surface area contributed by atoms with Gasteiger partial charge in [0.25, 0.3) is 0 Å². The SMILES string of the molecule is CCN(CC)c1ccc(/C=C/C2=[N+](CCCC[N+]3=C(/C=C/c4ccc(N(CC)CC)o4)C(C)(C)c4ccc(N([O-])O)cc43)c3cc(N([O-])O)ccc3C2(C)C)o1. The second kappa shape index (κ2) is 16.5. The highest BCUT2D eigenvalue weighted by Gasteiger charge is 2.46. The normalized spacial score (nSPS) is 15.7. The Balaban J connectivity index is 1.32. The molecular formula is C44H56N6O6. The number of allylic oxidation sites excluding steroid dienone is 2. The fourth-order valence-electron chi connectivity index (χ4n) is 8.21. The lowest BCUT2D eigenvalue weighted by molar-refractivity contribution is -0.451. The summed E-state index contributed by atoms with van der Waals surface area (Å²) in [6, 6.07) is 18.6. The molecule has 2 aromatic heterocycles. The van der Waals surface area contributed by atoms with Crippen LogP contribution < -0.4 is 20.3 Å². The maximum absolute atomic E-state index is 12.0. The Hall–Kier alpha value is -5.14. The lowest BCUT2D eigenvalue weighted by atomic mass is 9.81. The van der Waals surface area contributed by atoms with E-state index in [4.69, 9.17) is 8.83 Å². The van der Waals surface area contributed by atoms with Gasteiger partial charge in [-0.15, -0.1) is 0 Å². The van der Waals surface area contributed by atoms with Gasteiger partial charge in [-0.25, -0.2) is 0 Å². The van der Waals surface area contributed by atoms with E-state index in [0.717, 1.165) is 96.2 Å². The summed E-state index contributed by atoms with van der Waals surface area (Å²) in [6.07, 6.45) is 9.75. The highest BCUT2D eigenvalue weighted by Crippen LogP contribution is 2.44. The number of fused-ring (bicyclic) bond motifs is 2. The standard InChI is InChI=1S/C44H56N6O6/c1-9-45(10-2)41-25-19-33(55-41)17-23-39-43(5,6)35-21-15-31(49(51)52)29-37(35)47(39)27-13-14-28-48-38-30-32(50(53)54)16-22-36(38)44(7,8)40(48)24-18-34-20-26-42(56-34)46(11-3)12-4/h15-26,29-30,51,53H,9-14,27-28H2,1-8H3. The van der Waals surface area contributed by atoms with Gasteiger partial charge in [0.15, 0.2) is 23.2 Å². The zero-order valence-electron chi connectivity index (χ0n) is 34.0. The summed E-state index contributed by atoms with van der Waals surface area (Å²) < 4.78 is 16.9. The molecule has 2 aliphatic rings. The van der Waals surface area contributed by atoms with Crippen LogP contribution in [-0.2, 0) is 10.8 Å². The number of rotatable bonds is 17. The monoisotopic (exact) mass is 764 g/mol. The van der Waals surface area contributed by atoms with Crippen LogP contribution in [0.25, 0.3) is 12.2 Å². The maximum atomic E-state index is 12.0. The molecule has 0 bridgehead atoms. The predicted octanol–water partition coefficient (Wildman–Crippen LogP) is 9.61. The molecule has 4 heterocycles. The maximum Gasteiger partial charge on any atom is 0.211 e. The van der Waals surface area contributed by atoms with Crippen molar-refractivity contribution >= 4 is 58.1 Å². The fraction of sp³-hybridized carbons (Fsp3) is 0.409. The number of hydrogen-bond donors (Lipinski definition) is 2. The van der Waals surface area contributed by atoms with Crippen LogP contribution >= 0.6 is 0 Å². The number of hydrogen-bond acceptors (Lipinski definition) is 10. The molecule has 0 fully saturated rings. The third kappa shape index (κ3) is 7.79. The van der Waals surface area contributed by atoms with Crippen LogP contribution in [0.2, 0.25) is 0 Å². The zero-order chi connectivity index (χ0) is 40.4. The number of furan rings is 2. The zero-order valence-corrected chi connectivity index (χ0v) is 34.0. The first-order valence-corrected chi connectivity index (χ1v) is 19.7. The van der Waals surface area contributed by atoms with Gasteiger partial charge in [-0.05, 0) is 104 Å². The van der Waals surface area contributed by atoms with E-state index in [1.165, 1.54) is 0 Å². The molecule has 2 aromatic carbocycles. The fourth-order valence-corrected chi connectivity index (χ4v) is 8.21. The Morgan fingerprint density at radius 1 is 0.571 bits per heavy atom. The predicted molar refractivity (Wildman–Crippen MR) is 226 cm³/mol. The summed E-state index contributed by atoms with van der Waals surface area (Å²) in [7, 11) is 0. The van der Waals surface area contributed by atoms with Gasteiger partial charge in [-0.2, -0.15) is 9.15 Å². The lowest BCUT2D eigenvalue weighted by Gasteiger charge is -2.22. The molecule has 0 aliphatic carbocycles. The van der Waals surface area contributed by atoms with Crippen molar-refractivity contribution in [2.24, 2.45) is 0 Å². The first-order valence-electron chi connectivity index (χ1n) is 19.7. The summed E-state index contributed by atoms with van der Waals surface area (Å²) >= 11 is 0. The van der Waals surface area contributed by atoms with Crippen LogP contribution in [0.4, 0.5) is 34.5 Å². The van der Waals surface area contributed by atoms with Crippen LogP contribution in [0.1, 0.15) is 90.9 Å². The van der Waals surface area contributed by atoms with Crippen molar-refractivity contribution < 1.29 is 28.4 Å².